The molecule has 0 spiro atoms. The van der Waals surface area contributed by atoms with Gasteiger partial charge in [0.25, 0.3) is 5.91 Å². The van der Waals surface area contributed by atoms with Gasteiger partial charge in [-0.1, -0.05) is 67.5 Å². The number of likely N-dealkylation sites (tertiary alicyclic amines) is 1. The molecule has 6 atom stereocenters. The van der Waals surface area contributed by atoms with Crippen molar-refractivity contribution in [3.8, 4) is 0 Å². The molecule has 0 aromatic heterocycles. The number of nitrogens with zero attached hydrogens (tertiary/aromatic N) is 1. The number of benzene rings is 2. The maximum Gasteiger partial charge on any atom is 0.251 e. The van der Waals surface area contributed by atoms with E-state index in [1.807, 2.05) is 29.2 Å². The van der Waals surface area contributed by atoms with Gasteiger partial charge < -0.3 is 15.5 Å². The lowest BCUT2D eigenvalue weighted by molar-refractivity contribution is -0.139. The Morgan fingerprint density at radius 1 is 0.973 bits per heavy atom. The minimum Gasteiger partial charge on any atom is -0.379 e. The number of allylic oxidation sites excluding steroid dienone is 3. The summed E-state index contributed by atoms with van der Waals surface area (Å²) < 4.78 is 15.1. The number of hydrogen-bond donors (Lipinski definition) is 2. The lowest BCUT2D eigenvalue weighted by atomic mass is 9.75. The van der Waals surface area contributed by atoms with Crippen molar-refractivity contribution in [3.05, 3.63) is 89.8 Å². The molecule has 2 N–H and O–H groups in total. The van der Waals surface area contributed by atoms with Crippen LogP contribution in [0.2, 0.25) is 0 Å². The topological polar surface area (TPSA) is 61.4 Å². The molecular formula is C31H34FN3O2. The van der Waals surface area contributed by atoms with E-state index in [0.717, 1.165) is 44.1 Å². The molecule has 192 valence electrons. The second-order valence-corrected chi connectivity index (χ2v) is 10.9. The summed E-state index contributed by atoms with van der Waals surface area (Å²) in [5.74, 6) is -0.0888. The predicted octanol–water partition coefficient (Wildman–Crippen LogP) is 5.63. The van der Waals surface area contributed by atoms with Crippen LogP contribution in [0.3, 0.4) is 0 Å². The highest BCUT2D eigenvalue weighted by molar-refractivity contribution is 5.95. The molecule has 6 heteroatoms. The maximum atomic E-state index is 15.1. The second kappa shape index (κ2) is 10.2. The molecule has 5 nitrogen and oxygen atoms in total. The van der Waals surface area contributed by atoms with Crippen molar-refractivity contribution in [2.75, 3.05) is 11.9 Å². The van der Waals surface area contributed by atoms with Crippen LogP contribution < -0.4 is 10.6 Å². The summed E-state index contributed by atoms with van der Waals surface area (Å²) in [6, 6.07) is 14.1. The molecule has 37 heavy (non-hydrogen) atoms. The maximum absolute atomic E-state index is 15.1. The number of rotatable bonds is 4. The van der Waals surface area contributed by atoms with Crippen LogP contribution in [0.1, 0.15) is 60.5 Å². The van der Waals surface area contributed by atoms with E-state index in [-0.39, 0.29) is 53.5 Å². The van der Waals surface area contributed by atoms with Crippen molar-refractivity contribution in [1.29, 1.82) is 0 Å². The van der Waals surface area contributed by atoms with Crippen molar-refractivity contribution in [2.45, 2.75) is 56.7 Å². The minimum atomic E-state index is -0.263. The molecule has 1 saturated carbocycles. The zero-order valence-corrected chi connectivity index (χ0v) is 21.0. The summed E-state index contributed by atoms with van der Waals surface area (Å²) in [5.41, 5.74) is 2.03. The fourth-order valence-electron chi connectivity index (χ4n) is 7.00. The molecular weight excluding hydrogens is 465 g/mol. The van der Waals surface area contributed by atoms with Crippen LogP contribution >= 0.6 is 0 Å². The molecule has 6 rings (SSSR count). The number of nitrogens with one attached hydrogen (secondary N) is 2. The first-order chi connectivity index (χ1) is 18.1. The zero-order chi connectivity index (χ0) is 25.4. The van der Waals surface area contributed by atoms with Gasteiger partial charge >= 0.3 is 0 Å². The third kappa shape index (κ3) is 4.47. The molecule has 2 aromatic carbocycles. The van der Waals surface area contributed by atoms with Crippen molar-refractivity contribution < 1.29 is 14.0 Å². The van der Waals surface area contributed by atoms with Crippen LogP contribution in [0.5, 0.6) is 0 Å². The number of halogens is 1. The Hall–Kier alpha value is -3.41. The van der Waals surface area contributed by atoms with Gasteiger partial charge in [0.1, 0.15) is 5.82 Å². The van der Waals surface area contributed by atoms with E-state index >= 15 is 4.39 Å². The fraction of sp³-hybridized carbons (Fsp3) is 0.419. The summed E-state index contributed by atoms with van der Waals surface area (Å²) in [4.78, 5) is 29.2. The Labute approximate surface area is 217 Å². The molecule has 2 amide bonds. The Morgan fingerprint density at radius 2 is 1.81 bits per heavy atom. The van der Waals surface area contributed by atoms with E-state index in [9.17, 15) is 9.59 Å². The molecule has 1 unspecified atom stereocenters. The van der Waals surface area contributed by atoms with Crippen LogP contribution in [0.15, 0.2) is 72.8 Å². The Kier molecular flexibility index (Phi) is 6.58. The minimum absolute atomic E-state index is 0.0633. The summed E-state index contributed by atoms with van der Waals surface area (Å²) >= 11 is 0. The average Bonchev–Trinajstić information content (AvgIpc) is 3.39. The third-order valence-corrected chi connectivity index (χ3v) is 8.78. The van der Waals surface area contributed by atoms with Gasteiger partial charge in [-0.3, -0.25) is 9.59 Å². The van der Waals surface area contributed by atoms with Crippen molar-refractivity contribution in [1.82, 2.24) is 10.2 Å². The van der Waals surface area contributed by atoms with Crippen LogP contribution in [-0.2, 0) is 4.79 Å². The number of anilines is 1. The Morgan fingerprint density at radius 3 is 2.62 bits per heavy atom. The molecule has 0 bridgehead atoms. The molecule has 2 heterocycles. The Bertz CT molecular complexity index is 1230. The largest absolute Gasteiger partial charge is 0.379 e. The highest BCUT2D eigenvalue weighted by Crippen LogP contribution is 2.50. The van der Waals surface area contributed by atoms with Crippen LogP contribution in [0, 0.1) is 23.6 Å². The van der Waals surface area contributed by atoms with Gasteiger partial charge in [0.15, 0.2) is 0 Å². The van der Waals surface area contributed by atoms with Crippen molar-refractivity contribution >= 4 is 17.5 Å². The molecule has 2 aliphatic carbocycles. The van der Waals surface area contributed by atoms with Gasteiger partial charge in [-0.15, -0.1) is 0 Å². The summed E-state index contributed by atoms with van der Waals surface area (Å²) in [7, 11) is 0. The van der Waals surface area contributed by atoms with E-state index < -0.39 is 0 Å². The van der Waals surface area contributed by atoms with Crippen molar-refractivity contribution in [3.63, 3.8) is 0 Å². The van der Waals surface area contributed by atoms with E-state index in [0.29, 0.717) is 17.8 Å². The van der Waals surface area contributed by atoms with Crippen LogP contribution in [0.25, 0.3) is 0 Å². The summed E-state index contributed by atoms with van der Waals surface area (Å²) in [5, 5.41) is 6.72. The number of amides is 2. The summed E-state index contributed by atoms with van der Waals surface area (Å²) in [6.45, 7) is 0.657. The highest BCUT2D eigenvalue weighted by atomic mass is 19.1. The van der Waals surface area contributed by atoms with Crippen LogP contribution in [0.4, 0.5) is 10.1 Å². The van der Waals surface area contributed by atoms with E-state index in [2.05, 4.69) is 34.9 Å². The van der Waals surface area contributed by atoms with Gasteiger partial charge in [-0.2, -0.15) is 0 Å². The number of carbonyl (C=O) groups excluding carboxylic acids is 2. The monoisotopic (exact) mass is 499 g/mol. The SMILES string of the molecule is O=C(N[C@@H]1CCCC[C@@H]1C(=O)N1CC[C@@H]2[C@H](C3C=CC=CC3)Nc3c(F)cccc3[C@@H]21)c1ccccc1. The normalized spacial score (nSPS) is 30.2. The van der Waals surface area contributed by atoms with Gasteiger partial charge in [-0.25, -0.2) is 4.39 Å². The first kappa shape index (κ1) is 24.0. The highest BCUT2D eigenvalue weighted by Gasteiger charge is 2.50. The van der Waals surface area contributed by atoms with E-state index in [4.69, 9.17) is 0 Å². The van der Waals surface area contributed by atoms with Crippen LogP contribution in [-0.4, -0.2) is 35.3 Å². The first-order valence-corrected chi connectivity index (χ1v) is 13.7. The fourth-order valence-corrected chi connectivity index (χ4v) is 7.00. The van der Waals surface area contributed by atoms with E-state index in [1.54, 1.807) is 18.2 Å². The molecule has 2 aliphatic heterocycles. The second-order valence-electron chi connectivity index (χ2n) is 10.9. The number of carbonyl (C=O) groups is 2. The zero-order valence-electron chi connectivity index (χ0n) is 21.0. The molecule has 2 fully saturated rings. The van der Waals surface area contributed by atoms with Crippen molar-refractivity contribution in [2.24, 2.45) is 17.8 Å². The molecule has 4 aliphatic rings. The van der Waals surface area contributed by atoms with E-state index in [1.165, 1.54) is 6.07 Å². The van der Waals surface area contributed by atoms with Gasteiger partial charge in [0, 0.05) is 41.6 Å². The standard InChI is InChI=1S/C31H34FN3O2/c32-25-16-9-15-23-28(25)34-27(20-10-3-1-4-11-20)24-18-19-35(29(23)24)31(37)22-14-7-8-17-26(22)33-30(36)21-12-5-2-6-13-21/h1-6,9-10,12-13,15-16,20,22,24,26-27,29,34H,7-8,11,14,17-19H2,(H,33,36)/t20?,22-,24+,26+,27-,29-/m0/s1. The molecule has 0 radical (unpaired) electrons. The quantitative estimate of drug-likeness (QED) is 0.573. The lowest BCUT2D eigenvalue weighted by Crippen LogP contribution is -2.51. The third-order valence-electron chi connectivity index (χ3n) is 8.78. The Balaban J connectivity index is 1.28. The smallest absolute Gasteiger partial charge is 0.251 e. The molecule has 2 aromatic rings. The summed E-state index contributed by atoms with van der Waals surface area (Å²) in [6.07, 6.45) is 13.8. The number of fused-ring (bicyclic) bond motifs is 3. The molecule has 1 saturated heterocycles. The lowest BCUT2D eigenvalue weighted by Gasteiger charge is -2.44. The van der Waals surface area contributed by atoms with Gasteiger partial charge in [-0.05, 0) is 43.9 Å². The number of hydrogen-bond acceptors (Lipinski definition) is 3. The van der Waals surface area contributed by atoms with Gasteiger partial charge in [0.05, 0.1) is 17.6 Å². The number of para-hydroxylation sites is 1. The first-order valence-electron chi connectivity index (χ1n) is 13.7. The van der Waals surface area contributed by atoms with Gasteiger partial charge in [0.2, 0.25) is 5.91 Å². The predicted molar refractivity (Wildman–Crippen MR) is 142 cm³/mol. The average molecular weight is 500 g/mol.